The van der Waals surface area contributed by atoms with E-state index in [4.69, 9.17) is 5.11 Å². The van der Waals surface area contributed by atoms with Gasteiger partial charge in [-0.3, -0.25) is 14.4 Å². The SMILES string of the molecule is CC(=O)CC/C(C(C)=O)=C(/C)O.CC(=O)CCC(C(C)=O)C(C)=O. The average molecular weight is 340 g/mol. The fourth-order valence-electron chi connectivity index (χ4n) is 1.95. The van der Waals surface area contributed by atoms with Crippen LogP contribution in [0.25, 0.3) is 0 Å². The van der Waals surface area contributed by atoms with Gasteiger partial charge in [0.1, 0.15) is 23.1 Å². The van der Waals surface area contributed by atoms with Gasteiger partial charge in [-0.15, -0.1) is 0 Å². The van der Waals surface area contributed by atoms with Gasteiger partial charge < -0.3 is 14.7 Å². The van der Waals surface area contributed by atoms with E-state index in [0.717, 1.165) is 0 Å². The minimum absolute atomic E-state index is 0.0162. The average Bonchev–Trinajstić information content (AvgIpc) is 2.37. The van der Waals surface area contributed by atoms with E-state index in [0.29, 0.717) is 31.3 Å². The number of ketones is 5. The molecule has 0 fully saturated rings. The highest BCUT2D eigenvalue weighted by atomic mass is 16.3. The molecule has 0 bridgehead atoms. The molecule has 0 unspecified atom stereocenters. The molecule has 136 valence electrons. The fraction of sp³-hybridized carbons (Fsp3) is 0.611. The molecule has 0 spiro atoms. The molecule has 0 aromatic rings. The topological polar surface area (TPSA) is 106 Å². The molecule has 0 atom stereocenters. The third-order valence-electron chi connectivity index (χ3n) is 3.36. The van der Waals surface area contributed by atoms with Crippen LogP contribution in [0.1, 0.15) is 67.2 Å². The van der Waals surface area contributed by atoms with Crippen molar-refractivity contribution in [3.63, 3.8) is 0 Å². The molecule has 0 aliphatic heterocycles. The largest absolute Gasteiger partial charge is 0.512 e. The van der Waals surface area contributed by atoms with E-state index in [2.05, 4.69) is 0 Å². The van der Waals surface area contributed by atoms with Gasteiger partial charge in [-0.25, -0.2) is 0 Å². The molecule has 0 radical (unpaired) electrons. The first-order valence-corrected chi connectivity index (χ1v) is 7.79. The standard InChI is InChI=1S/2C9H14O3/c2*1-6(10)4-5-9(7(2)11)8(3)12/h11H,4-5H2,1-3H3;9H,4-5H2,1-3H3/b9-7+;. The molecule has 6 nitrogen and oxygen atoms in total. The maximum absolute atomic E-state index is 10.9. The Kier molecular flexibility index (Phi) is 12.4. The number of rotatable bonds is 9. The second-order valence-corrected chi connectivity index (χ2v) is 5.84. The first-order valence-electron chi connectivity index (χ1n) is 7.79. The van der Waals surface area contributed by atoms with Gasteiger partial charge in [0.15, 0.2) is 5.78 Å². The van der Waals surface area contributed by atoms with Gasteiger partial charge in [0.25, 0.3) is 0 Å². The monoisotopic (exact) mass is 340 g/mol. The van der Waals surface area contributed by atoms with Crippen LogP contribution < -0.4 is 0 Å². The summed E-state index contributed by atoms with van der Waals surface area (Å²) < 4.78 is 0. The van der Waals surface area contributed by atoms with Crippen molar-refractivity contribution in [3.05, 3.63) is 11.3 Å². The van der Waals surface area contributed by atoms with E-state index in [1.807, 2.05) is 0 Å². The van der Waals surface area contributed by atoms with Gasteiger partial charge in [-0.2, -0.15) is 0 Å². The summed E-state index contributed by atoms with van der Waals surface area (Å²) in [6.07, 6.45) is 1.32. The summed E-state index contributed by atoms with van der Waals surface area (Å²) in [5.41, 5.74) is 0.352. The van der Waals surface area contributed by atoms with E-state index in [9.17, 15) is 24.0 Å². The Bertz CT molecular complexity index is 510. The summed E-state index contributed by atoms with van der Waals surface area (Å²) in [6.45, 7) is 8.52. The molecule has 0 aromatic carbocycles. The van der Waals surface area contributed by atoms with Crippen LogP contribution in [0.3, 0.4) is 0 Å². The molecule has 0 heterocycles. The van der Waals surface area contributed by atoms with E-state index >= 15 is 0 Å². The fourth-order valence-corrected chi connectivity index (χ4v) is 1.95. The normalized spacial score (nSPS) is 11.1. The smallest absolute Gasteiger partial charge is 0.159 e. The maximum atomic E-state index is 10.9. The van der Waals surface area contributed by atoms with Crippen LogP contribution in [0, 0.1) is 5.92 Å². The molecule has 0 saturated heterocycles. The predicted molar refractivity (Wildman–Crippen MR) is 90.7 cm³/mol. The Hall–Kier alpha value is -2.11. The number of aliphatic hydroxyl groups excluding tert-OH is 1. The lowest BCUT2D eigenvalue weighted by Crippen LogP contribution is -2.20. The summed E-state index contributed by atoms with van der Waals surface area (Å²) in [5, 5.41) is 9.04. The van der Waals surface area contributed by atoms with Gasteiger partial charge in [0, 0.05) is 18.4 Å². The Balaban J connectivity index is 0. The van der Waals surface area contributed by atoms with Crippen LogP contribution in [0.15, 0.2) is 11.3 Å². The van der Waals surface area contributed by atoms with Crippen LogP contribution in [-0.2, 0) is 24.0 Å². The highest BCUT2D eigenvalue weighted by molar-refractivity contribution is 6.00. The highest BCUT2D eigenvalue weighted by Gasteiger charge is 2.19. The highest BCUT2D eigenvalue weighted by Crippen LogP contribution is 2.10. The zero-order valence-corrected chi connectivity index (χ0v) is 15.4. The van der Waals surface area contributed by atoms with Crippen molar-refractivity contribution in [2.24, 2.45) is 5.92 Å². The lowest BCUT2D eigenvalue weighted by Gasteiger charge is -2.07. The Morgan fingerprint density at radius 1 is 0.708 bits per heavy atom. The minimum atomic E-state index is -0.575. The second-order valence-electron chi connectivity index (χ2n) is 5.84. The summed E-state index contributed by atoms with van der Waals surface area (Å²) >= 11 is 0. The molecule has 0 aliphatic carbocycles. The van der Waals surface area contributed by atoms with Crippen molar-refractivity contribution < 1.29 is 29.1 Å². The number of hydrogen-bond acceptors (Lipinski definition) is 6. The van der Waals surface area contributed by atoms with E-state index in [1.165, 1.54) is 41.5 Å². The maximum Gasteiger partial charge on any atom is 0.159 e. The molecule has 24 heavy (non-hydrogen) atoms. The van der Waals surface area contributed by atoms with E-state index < -0.39 is 5.92 Å². The number of allylic oxidation sites excluding steroid dienone is 2. The first kappa shape index (κ1) is 24.1. The summed E-state index contributed by atoms with van der Waals surface area (Å²) in [6, 6.07) is 0. The van der Waals surface area contributed by atoms with Gasteiger partial charge >= 0.3 is 0 Å². The van der Waals surface area contributed by atoms with E-state index in [-0.39, 0.29) is 34.7 Å². The van der Waals surface area contributed by atoms with Crippen molar-refractivity contribution in [2.45, 2.75) is 67.2 Å². The van der Waals surface area contributed by atoms with Crippen LogP contribution in [0.2, 0.25) is 0 Å². The molecular formula is C18H28O6. The molecule has 6 heteroatoms. The van der Waals surface area contributed by atoms with Crippen molar-refractivity contribution in [1.29, 1.82) is 0 Å². The Morgan fingerprint density at radius 3 is 1.38 bits per heavy atom. The molecule has 0 saturated carbocycles. The molecule has 1 N–H and O–H groups in total. The lowest BCUT2D eigenvalue weighted by molar-refractivity contribution is -0.131. The number of hydrogen-bond donors (Lipinski definition) is 1. The van der Waals surface area contributed by atoms with Crippen molar-refractivity contribution in [1.82, 2.24) is 0 Å². The Labute approximate surface area is 143 Å². The summed E-state index contributed by atoms with van der Waals surface area (Å²) in [7, 11) is 0. The van der Waals surface area contributed by atoms with Gasteiger partial charge in [-0.1, -0.05) is 0 Å². The van der Waals surface area contributed by atoms with Crippen molar-refractivity contribution in [3.8, 4) is 0 Å². The number of carbonyl (C=O) groups is 5. The Morgan fingerprint density at radius 2 is 1.12 bits per heavy atom. The minimum Gasteiger partial charge on any atom is -0.512 e. The number of Topliss-reactive ketones (excluding diaryl/α,β-unsaturated/α-hetero) is 5. The molecule has 0 amide bonds. The van der Waals surface area contributed by atoms with Crippen LogP contribution in [0.4, 0.5) is 0 Å². The van der Waals surface area contributed by atoms with Crippen LogP contribution in [-0.4, -0.2) is 34.0 Å². The van der Waals surface area contributed by atoms with Crippen LogP contribution >= 0.6 is 0 Å². The molecule has 0 rings (SSSR count). The molecular weight excluding hydrogens is 312 g/mol. The van der Waals surface area contributed by atoms with E-state index in [1.54, 1.807) is 0 Å². The van der Waals surface area contributed by atoms with Gasteiger partial charge in [0.2, 0.25) is 0 Å². The lowest BCUT2D eigenvalue weighted by atomic mass is 9.94. The van der Waals surface area contributed by atoms with Gasteiger partial charge in [-0.05, 0) is 54.4 Å². The quantitative estimate of drug-likeness (QED) is 0.393. The summed E-state index contributed by atoms with van der Waals surface area (Å²) in [5.74, 6) is -0.987. The molecule has 0 aliphatic rings. The first-order chi connectivity index (χ1) is 10.9. The zero-order valence-electron chi connectivity index (χ0n) is 15.4. The number of carbonyl (C=O) groups excluding carboxylic acids is 5. The number of aliphatic hydroxyl groups is 1. The second kappa shape index (κ2) is 12.3. The zero-order chi connectivity index (χ0) is 19.4. The molecule has 0 aromatic heterocycles. The van der Waals surface area contributed by atoms with Crippen LogP contribution in [0.5, 0.6) is 0 Å². The van der Waals surface area contributed by atoms with Crippen molar-refractivity contribution >= 4 is 28.9 Å². The third kappa shape index (κ3) is 12.4. The van der Waals surface area contributed by atoms with Gasteiger partial charge in [0.05, 0.1) is 11.7 Å². The third-order valence-corrected chi connectivity index (χ3v) is 3.36. The summed E-state index contributed by atoms with van der Waals surface area (Å²) in [4.78, 5) is 53.7. The van der Waals surface area contributed by atoms with Crippen molar-refractivity contribution in [2.75, 3.05) is 0 Å². The predicted octanol–water partition coefficient (Wildman–Crippen LogP) is 2.93.